The second-order valence-corrected chi connectivity index (χ2v) is 5.06. The zero-order valence-electron chi connectivity index (χ0n) is 10.8. The number of carbonyl (C=O) groups is 1. The molecule has 0 spiro atoms. The monoisotopic (exact) mass is 311 g/mol. The number of hydrazone groups is 1. The van der Waals surface area contributed by atoms with Crippen LogP contribution in [0.5, 0.6) is 0 Å². The highest BCUT2D eigenvalue weighted by atomic mass is 32.1. The molecule has 0 saturated heterocycles. The Morgan fingerprint density at radius 2 is 2.43 bits per heavy atom. The first kappa shape index (κ1) is 14.8. The Hall–Kier alpha value is -2.62. The number of carbonyl (C=O) groups excluding carboxylic acids is 1. The fourth-order valence-corrected chi connectivity index (χ4v) is 2.08. The summed E-state index contributed by atoms with van der Waals surface area (Å²) >= 11 is 0.893. The van der Waals surface area contributed by atoms with Crippen LogP contribution in [0, 0.1) is 22.2 Å². The third-order valence-corrected chi connectivity index (χ3v) is 3.23. The van der Waals surface area contributed by atoms with E-state index in [1.54, 1.807) is 6.92 Å². The van der Waals surface area contributed by atoms with Gasteiger partial charge in [0.2, 0.25) is 0 Å². The van der Waals surface area contributed by atoms with E-state index in [0.717, 1.165) is 11.3 Å². The maximum absolute atomic E-state index is 12.7. The molecule has 1 amide bonds. The molecule has 0 radical (unpaired) electrons. The molecule has 10 heteroatoms. The summed E-state index contributed by atoms with van der Waals surface area (Å²) in [6, 6.07) is 4.09. The lowest BCUT2D eigenvalue weighted by molar-refractivity contribution is -0.389. The van der Waals surface area contributed by atoms with Crippen molar-refractivity contribution in [3.8, 4) is 0 Å². The Labute approximate surface area is 122 Å². The summed E-state index contributed by atoms with van der Waals surface area (Å²) in [4.78, 5) is 22.1. The van der Waals surface area contributed by atoms with Crippen LogP contribution in [-0.4, -0.2) is 26.8 Å². The number of hydrogen-bond acceptors (Lipinski definition) is 6. The molecule has 0 aliphatic carbocycles. The Kier molecular flexibility index (Phi) is 4.38. The van der Waals surface area contributed by atoms with Gasteiger partial charge in [-0.1, -0.05) is 0 Å². The van der Waals surface area contributed by atoms with Gasteiger partial charge in [0.1, 0.15) is 6.54 Å². The fraction of sp³-hybridized carbons (Fsp3) is 0.182. The van der Waals surface area contributed by atoms with E-state index in [2.05, 4.69) is 15.6 Å². The van der Waals surface area contributed by atoms with E-state index in [1.807, 2.05) is 0 Å². The van der Waals surface area contributed by atoms with Gasteiger partial charge in [0, 0.05) is 0 Å². The lowest BCUT2D eigenvalue weighted by Gasteiger charge is -1.98. The standard InChI is InChI=1S/C11H10FN5O3S/c1-7-4-10(17(19)20)15-16(7)6-11(18)14-13-5-8-2-3-9(12)21-8/h2-5H,6H2,1H3,(H,14,18). The highest BCUT2D eigenvalue weighted by molar-refractivity contribution is 7.12. The second-order valence-electron chi connectivity index (χ2n) is 3.99. The van der Waals surface area contributed by atoms with E-state index < -0.39 is 10.8 Å². The number of rotatable bonds is 5. The molecule has 2 aromatic rings. The average molecular weight is 311 g/mol. The first-order chi connectivity index (χ1) is 9.95. The molecule has 110 valence electrons. The smallest absolute Gasteiger partial charge is 0.358 e. The van der Waals surface area contributed by atoms with Gasteiger partial charge in [-0.15, -0.1) is 11.3 Å². The van der Waals surface area contributed by atoms with Crippen LogP contribution >= 0.6 is 11.3 Å². The van der Waals surface area contributed by atoms with Crippen LogP contribution in [0.3, 0.4) is 0 Å². The van der Waals surface area contributed by atoms with Gasteiger partial charge in [-0.25, -0.2) is 5.43 Å². The molecular weight excluding hydrogens is 301 g/mol. The van der Waals surface area contributed by atoms with Gasteiger partial charge < -0.3 is 10.1 Å². The number of hydrogen-bond donors (Lipinski definition) is 1. The van der Waals surface area contributed by atoms with Gasteiger partial charge in [0.15, 0.2) is 5.13 Å². The van der Waals surface area contributed by atoms with Crippen molar-refractivity contribution in [1.82, 2.24) is 15.2 Å². The van der Waals surface area contributed by atoms with Crippen molar-refractivity contribution in [1.29, 1.82) is 0 Å². The van der Waals surface area contributed by atoms with E-state index in [4.69, 9.17) is 0 Å². The van der Waals surface area contributed by atoms with Gasteiger partial charge in [-0.2, -0.15) is 14.2 Å². The molecule has 0 aliphatic heterocycles. The summed E-state index contributed by atoms with van der Waals surface area (Å²) in [6.07, 6.45) is 1.31. The molecule has 0 aliphatic rings. The van der Waals surface area contributed by atoms with Crippen molar-refractivity contribution < 1.29 is 14.1 Å². The number of aromatic nitrogens is 2. The van der Waals surface area contributed by atoms with Crippen molar-refractivity contribution in [2.75, 3.05) is 0 Å². The predicted molar refractivity (Wildman–Crippen MR) is 73.6 cm³/mol. The maximum Gasteiger partial charge on any atom is 0.390 e. The van der Waals surface area contributed by atoms with E-state index in [0.29, 0.717) is 10.6 Å². The predicted octanol–water partition coefficient (Wildman–Crippen LogP) is 1.45. The van der Waals surface area contributed by atoms with Crippen LogP contribution in [0.4, 0.5) is 10.2 Å². The molecule has 21 heavy (non-hydrogen) atoms. The van der Waals surface area contributed by atoms with E-state index in [1.165, 1.54) is 29.1 Å². The lowest BCUT2D eigenvalue weighted by atomic mass is 10.4. The molecule has 0 bridgehead atoms. The molecule has 2 rings (SSSR count). The summed E-state index contributed by atoms with van der Waals surface area (Å²) in [5.41, 5.74) is 2.73. The Bertz CT molecular complexity index is 709. The second kappa shape index (κ2) is 6.22. The van der Waals surface area contributed by atoms with Gasteiger partial charge in [-0.3, -0.25) is 4.79 Å². The highest BCUT2D eigenvalue weighted by Crippen LogP contribution is 2.12. The Morgan fingerprint density at radius 1 is 1.67 bits per heavy atom. The molecule has 0 fully saturated rings. The molecule has 0 unspecified atom stereocenters. The van der Waals surface area contributed by atoms with E-state index in [9.17, 15) is 19.3 Å². The zero-order chi connectivity index (χ0) is 15.4. The number of halogens is 1. The normalized spacial score (nSPS) is 11.0. The quantitative estimate of drug-likeness (QED) is 0.513. The summed E-state index contributed by atoms with van der Waals surface area (Å²) in [6.45, 7) is 1.40. The molecular formula is C11H10FN5O3S. The van der Waals surface area contributed by atoms with E-state index in [-0.39, 0.29) is 17.5 Å². The minimum absolute atomic E-state index is 0.199. The lowest BCUT2D eigenvalue weighted by Crippen LogP contribution is -2.24. The summed E-state index contributed by atoms with van der Waals surface area (Å²) in [5, 5.41) is 17.6. The van der Waals surface area contributed by atoms with Crippen LogP contribution in [0.2, 0.25) is 0 Å². The number of amides is 1. The van der Waals surface area contributed by atoms with E-state index >= 15 is 0 Å². The Balaban J connectivity index is 1.93. The molecule has 2 heterocycles. The summed E-state index contributed by atoms with van der Waals surface area (Å²) < 4.78 is 13.9. The van der Waals surface area contributed by atoms with Crippen LogP contribution in [0.15, 0.2) is 23.3 Å². The van der Waals surface area contributed by atoms with Crippen LogP contribution in [0.25, 0.3) is 0 Å². The minimum Gasteiger partial charge on any atom is -0.358 e. The van der Waals surface area contributed by atoms with Gasteiger partial charge in [-0.05, 0) is 24.0 Å². The summed E-state index contributed by atoms with van der Waals surface area (Å²) in [5.74, 6) is -0.817. The largest absolute Gasteiger partial charge is 0.390 e. The van der Waals surface area contributed by atoms with Crippen LogP contribution < -0.4 is 5.43 Å². The zero-order valence-corrected chi connectivity index (χ0v) is 11.6. The number of nitrogens with zero attached hydrogens (tertiary/aromatic N) is 4. The Morgan fingerprint density at radius 3 is 3.00 bits per heavy atom. The van der Waals surface area contributed by atoms with Crippen molar-refractivity contribution in [3.05, 3.63) is 44.0 Å². The van der Waals surface area contributed by atoms with Crippen LogP contribution in [0.1, 0.15) is 10.6 Å². The molecule has 0 saturated carbocycles. The number of thiophene rings is 1. The van der Waals surface area contributed by atoms with Crippen molar-refractivity contribution >= 4 is 29.3 Å². The molecule has 2 aromatic heterocycles. The number of nitro groups is 1. The third kappa shape index (κ3) is 3.92. The minimum atomic E-state index is -0.634. The number of nitrogens with one attached hydrogen (secondary N) is 1. The topological polar surface area (TPSA) is 102 Å². The van der Waals surface area contributed by atoms with Gasteiger partial charge in [0.25, 0.3) is 5.91 Å². The van der Waals surface area contributed by atoms with Gasteiger partial charge in [0.05, 0.1) is 28.0 Å². The highest BCUT2D eigenvalue weighted by Gasteiger charge is 2.17. The first-order valence-corrected chi connectivity index (χ1v) is 6.53. The van der Waals surface area contributed by atoms with Crippen molar-refractivity contribution in [2.24, 2.45) is 5.10 Å². The maximum atomic E-state index is 12.7. The van der Waals surface area contributed by atoms with Crippen LogP contribution in [-0.2, 0) is 11.3 Å². The molecule has 0 atom stereocenters. The molecule has 8 nitrogen and oxygen atoms in total. The third-order valence-electron chi connectivity index (χ3n) is 2.42. The number of aryl methyl sites for hydroxylation is 1. The first-order valence-electron chi connectivity index (χ1n) is 5.72. The summed E-state index contributed by atoms with van der Waals surface area (Å²) in [7, 11) is 0. The van der Waals surface area contributed by atoms with Crippen molar-refractivity contribution in [3.63, 3.8) is 0 Å². The SMILES string of the molecule is Cc1cc([N+](=O)[O-])nn1CC(=O)NN=Cc1ccc(F)s1. The molecule has 1 N–H and O–H groups in total. The average Bonchev–Trinajstić information content (AvgIpc) is 2.97. The van der Waals surface area contributed by atoms with Gasteiger partial charge >= 0.3 is 5.82 Å². The van der Waals surface area contributed by atoms with Crippen molar-refractivity contribution in [2.45, 2.75) is 13.5 Å². The fourth-order valence-electron chi connectivity index (χ4n) is 1.48. The molecule has 0 aromatic carbocycles.